The van der Waals surface area contributed by atoms with Crippen molar-refractivity contribution in [3.05, 3.63) is 124 Å². The first kappa shape index (κ1) is 56.2. The van der Waals surface area contributed by atoms with Gasteiger partial charge in [0.1, 0.15) is 38.2 Å². The molecule has 2 aromatic heterocycles. The zero-order valence-electron chi connectivity index (χ0n) is 40.5. The SMILES string of the molecule is COS(=O)(=O)c1ccc(Nc2nc(Nc3ccc(S(=O)(=O)OC)cc3)c(N=Nc3sc(N=Nc4cc(S(=O)(=O)OC)c5cc([N+](=O)[O-])cc(S(=O)(=O)OC)c5c4)c(-c4ccc(NC(C)=O)cc4)c3C#N)c(C)c2C#N)cc1. The fourth-order valence-corrected chi connectivity index (χ4v) is 11.2. The highest BCUT2D eigenvalue weighted by Gasteiger charge is 2.29. The van der Waals surface area contributed by atoms with Gasteiger partial charge >= 0.3 is 0 Å². The lowest BCUT2D eigenvalue weighted by atomic mass is 10.0. The van der Waals surface area contributed by atoms with E-state index in [2.05, 4.69) is 66.1 Å². The lowest BCUT2D eigenvalue weighted by molar-refractivity contribution is -0.384. The van der Waals surface area contributed by atoms with E-state index >= 15 is 0 Å². The number of carbonyl (C=O) groups excluding carboxylic acids is 1. The van der Waals surface area contributed by atoms with Crippen molar-refractivity contribution >= 4 is 124 Å². The van der Waals surface area contributed by atoms with E-state index in [1.807, 2.05) is 0 Å². The number of benzene rings is 5. The van der Waals surface area contributed by atoms with Crippen LogP contribution in [0.1, 0.15) is 23.6 Å². The van der Waals surface area contributed by atoms with Gasteiger partial charge in [0.2, 0.25) is 5.91 Å². The van der Waals surface area contributed by atoms with Crippen molar-refractivity contribution in [1.29, 1.82) is 10.5 Å². The van der Waals surface area contributed by atoms with Gasteiger partial charge in [-0.25, -0.2) is 4.98 Å². The van der Waals surface area contributed by atoms with Gasteiger partial charge in [-0.15, -0.1) is 20.5 Å². The summed E-state index contributed by atoms with van der Waals surface area (Å²) in [6.07, 6.45) is 0. The molecular formula is C46H37N11O15S5. The van der Waals surface area contributed by atoms with E-state index in [9.17, 15) is 59.1 Å². The normalized spacial score (nSPS) is 12.2. The van der Waals surface area contributed by atoms with Gasteiger partial charge in [-0.05, 0) is 85.3 Å². The first-order chi connectivity index (χ1) is 36.4. The van der Waals surface area contributed by atoms with Gasteiger partial charge in [-0.1, -0.05) is 23.5 Å². The maximum absolute atomic E-state index is 13.4. The highest BCUT2D eigenvalue weighted by atomic mass is 32.2. The Morgan fingerprint density at radius 3 is 1.60 bits per heavy atom. The fourth-order valence-electron chi connectivity index (χ4n) is 7.17. The van der Waals surface area contributed by atoms with E-state index in [0.29, 0.717) is 23.0 Å². The van der Waals surface area contributed by atoms with E-state index in [-0.39, 0.29) is 82.0 Å². The first-order valence-corrected chi connectivity index (χ1v) is 27.8. The van der Waals surface area contributed by atoms with E-state index in [4.69, 9.17) is 4.18 Å². The zero-order valence-corrected chi connectivity index (χ0v) is 44.6. The second kappa shape index (κ2) is 22.4. The van der Waals surface area contributed by atoms with Crippen LogP contribution in [-0.2, 0) is 62.0 Å². The summed E-state index contributed by atoms with van der Waals surface area (Å²) in [6, 6.07) is 24.4. The van der Waals surface area contributed by atoms with Crippen molar-refractivity contribution in [3.63, 3.8) is 0 Å². The highest BCUT2D eigenvalue weighted by Crippen LogP contribution is 2.49. The number of nitrogens with zero attached hydrogens (tertiary/aromatic N) is 8. The number of nitro groups is 1. The molecule has 26 nitrogen and oxygen atoms in total. The molecule has 3 N–H and O–H groups in total. The van der Waals surface area contributed by atoms with Gasteiger partial charge in [0.25, 0.3) is 46.2 Å². The molecular weight excluding hydrogens is 1110 g/mol. The summed E-state index contributed by atoms with van der Waals surface area (Å²) in [7, 11) is -14.0. The van der Waals surface area contributed by atoms with Crippen LogP contribution in [0.15, 0.2) is 137 Å². The molecule has 0 aliphatic carbocycles. The number of nitrogens with one attached hydrogen (secondary N) is 3. The monoisotopic (exact) mass is 1140 g/mol. The summed E-state index contributed by atoms with van der Waals surface area (Å²) in [5.74, 6) is -0.498. The highest BCUT2D eigenvalue weighted by molar-refractivity contribution is 7.87. The topological polar surface area (TPSA) is 380 Å². The molecule has 5 aromatic carbocycles. The van der Waals surface area contributed by atoms with Gasteiger partial charge in [0.15, 0.2) is 16.6 Å². The summed E-state index contributed by atoms with van der Waals surface area (Å²) in [5, 5.41) is 58.4. The molecule has 0 radical (unpaired) electrons. The second-order valence-electron chi connectivity index (χ2n) is 15.5. The number of aromatic nitrogens is 1. The van der Waals surface area contributed by atoms with Gasteiger partial charge in [-0.3, -0.25) is 31.6 Å². The number of hydrogen-bond acceptors (Lipinski definition) is 25. The summed E-state index contributed by atoms with van der Waals surface area (Å²) < 4.78 is 121. The standard InChI is InChI=1S/C46H37N11O15S5/c1-25-37(23-47)43(50-29-11-15-33(16-12-29)74(61,62)69-3)52-44(51-30-13-17-34(18-14-30)75(63,64)70-4)42(25)54-55-45-38(24-48)41(27-7-9-28(10-8-27)49-26(2)58)46(73-45)56-53-31-19-35-36(39(20-31)76(65,66)71-5)21-32(57(59)60)22-40(35)77(67,68)72-6/h7-22H,1-6H3,(H,49,58)(H2,50,51,52). The van der Waals surface area contributed by atoms with Gasteiger partial charge in [0, 0.05) is 58.0 Å². The number of anilines is 5. The summed E-state index contributed by atoms with van der Waals surface area (Å²) >= 11 is 0.748. The largest absolute Gasteiger partial charge is 0.339 e. The Bertz CT molecular complexity index is 4160. The number of fused-ring (bicyclic) bond motifs is 1. The molecule has 77 heavy (non-hydrogen) atoms. The Balaban J connectivity index is 1.43. The third-order valence-electron chi connectivity index (χ3n) is 10.9. The summed E-state index contributed by atoms with van der Waals surface area (Å²) in [5.41, 5.74) is 0.0978. The van der Waals surface area contributed by atoms with Crippen molar-refractivity contribution in [2.45, 2.75) is 33.4 Å². The number of non-ortho nitro benzene ring substituents is 1. The molecule has 0 aliphatic heterocycles. The zero-order chi connectivity index (χ0) is 56.2. The molecule has 0 aliphatic rings. The summed E-state index contributed by atoms with van der Waals surface area (Å²) in [4.78, 5) is 25.6. The minimum Gasteiger partial charge on any atom is -0.339 e. The van der Waals surface area contributed by atoms with Crippen molar-refractivity contribution in [2.24, 2.45) is 20.5 Å². The Morgan fingerprint density at radius 1 is 0.623 bits per heavy atom. The number of azo groups is 2. The predicted octanol–water partition coefficient (Wildman–Crippen LogP) is 9.54. The van der Waals surface area contributed by atoms with Gasteiger partial charge < -0.3 is 16.0 Å². The third-order valence-corrected chi connectivity index (χ3v) is 17.1. The van der Waals surface area contributed by atoms with Crippen molar-refractivity contribution in [1.82, 2.24) is 4.98 Å². The molecule has 0 saturated heterocycles. The van der Waals surface area contributed by atoms with E-state index < -0.39 is 66.3 Å². The number of thiophene rings is 1. The molecule has 7 rings (SSSR count). The van der Waals surface area contributed by atoms with Crippen LogP contribution in [0.2, 0.25) is 0 Å². The number of rotatable bonds is 19. The lowest BCUT2D eigenvalue weighted by Crippen LogP contribution is -2.08. The molecule has 0 unspecified atom stereocenters. The molecule has 31 heteroatoms. The van der Waals surface area contributed by atoms with Crippen LogP contribution in [0.25, 0.3) is 21.9 Å². The van der Waals surface area contributed by atoms with Crippen LogP contribution in [0.5, 0.6) is 0 Å². The average molecular weight is 1140 g/mol. The molecule has 0 saturated carbocycles. The molecule has 0 fully saturated rings. The maximum Gasteiger partial charge on any atom is 0.297 e. The Morgan fingerprint density at radius 2 is 1.10 bits per heavy atom. The fraction of sp³-hybridized carbons (Fsp3) is 0.130. The van der Waals surface area contributed by atoms with Crippen LogP contribution in [0, 0.1) is 39.7 Å². The number of hydrogen-bond donors (Lipinski definition) is 3. The van der Waals surface area contributed by atoms with Crippen LogP contribution < -0.4 is 16.0 Å². The number of carbonyl (C=O) groups is 1. The van der Waals surface area contributed by atoms with E-state index in [0.717, 1.165) is 58.0 Å². The van der Waals surface area contributed by atoms with E-state index in [1.165, 1.54) is 86.6 Å². The second-order valence-corrected chi connectivity index (χ2v) is 23.3. The number of nitriles is 2. The first-order valence-electron chi connectivity index (χ1n) is 21.4. The molecule has 0 bridgehead atoms. The molecule has 7 aromatic rings. The predicted molar refractivity (Wildman–Crippen MR) is 278 cm³/mol. The number of nitro benzene ring substituents is 1. The Labute approximate surface area is 442 Å². The quantitative estimate of drug-likeness (QED) is 0.0293. The Kier molecular flexibility index (Phi) is 16.3. The van der Waals surface area contributed by atoms with Crippen LogP contribution in [0.3, 0.4) is 0 Å². The van der Waals surface area contributed by atoms with E-state index in [1.54, 1.807) is 0 Å². The van der Waals surface area contributed by atoms with Crippen molar-refractivity contribution in [2.75, 3.05) is 44.4 Å². The maximum atomic E-state index is 13.4. The minimum atomic E-state index is -4.76. The molecule has 1 amide bonds. The number of pyridine rings is 1. The van der Waals surface area contributed by atoms with Crippen LogP contribution in [0.4, 0.5) is 55.8 Å². The number of amides is 1. The molecule has 2 heterocycles. The van der Waals surface area contributed by atoms with Crippen molar-refractivity contribution in [3.8, 4) is 23.3 Å². The smallest absolute Gasteiger partial charge is 0.297 e. The lowest BCUT2D eigenvalue weighted by Gasteiger charge is -2.16. The van der Waals surface area contributed by atoms with Gasteiger partial charge in [0.05, 0.1) is 54.4 Å². The van der Waals surface area contributed by atoms with Gasteiger partial charge in [-0.2, -0.15) is 44.2 Å². The van der Waals surface area contributed by atoms with Crippen LogP contribution in [-0.4, -0.2) is 77.9 Å². The average Bonchev–Trinajstić information content (AvgIpc) is 3.77. The van der Waals surface area contributed by atoms with Crippen molar-refractivity contribution < 1.29 is 60.1 Å². The van der Waals surface area contributed by atoms with Crippen LogP contribution >= 0.6 is 11.3 Å². The Hall–Kier alpha value is -8.50. The molecule has 0 spiro atoms. The third kappa shape index (κ3) is 12.0. The summed E-state index contributed by atoms with van der Waals surface area (Å²) in [6.45, 7) is 2.81. The minimum absolute atomic E-state index is 0.0470. The molecule has 0 atom stereocenters. The molecule has 396 valence electrons.